The van der Waals surface area contributed by atoms with E-state index in [4.69, 9.17) is 47.9 Å². The van der Waals surface area contributed by atoms with Crippen molar-refractivity contribution in [1.29, 1.82) is 0 Å². The van der Waals surface area contributed by atoms with Gasteiger partial charge in [0.05, 0.1) is 5.02 Å². The SMILES string of the molecule is CC(=O)N[C@@H]1[C@@H](OC(C)=O)[C@H](OC(C)=O)[C@@H](COC(C)=O)O[C@H]1n1nc(-c2ccccc2Cl)n(-c2ccccc2)c1=S. The van der Waals surface area contributed by atoms with Crippen LogP contribution < -0.4 is 5.32 Å². The summed E-state index contributed by atoms with van der Waals surface area (Å²) in [5.74, 6) is -2.17. The molecule has 0 bridgehead atoms. The molecule has 2 heterocycles. The second kappa shape index (κ2) is 13.3. The molecule has 1 aliphatic heterocycles. The highest BCUT2D eigenvalue weighted by Crippen LogP contribution is 2.35. The molecule has 3 aromatic rings. The van der Waals surface area contributed by atoms with Gasteiger partial charge in [-0.25, -0.2) is 4.68 Å². The second-order valence-corrected chi connectivity index (χ2v) is 10.2. The lowest BCUT2D eigenvalue weighted by Crippen LogP contribution is -2.64. The first-order valence-electron chi connectivity index (χ1n) is 12.9. The summed E-state index contributed by atoms with van der Waals surface area (Å²) < 4.78 is 25.8. The van der Waals surface area contributed by atoms with Crippen molar-refractivity contribution >= 4 is 47.6 Å². The Morgan fingerprint density at radius 2 is 1.55 bits per heavy atom. The van der Waals surface area contributed by atoms with Gasteiger partial charge in [-0.15, -0.1) is 5.10 Å². The predicted octanol–water partition coefficient (Wildman–Crippen LogP) is 3.55. The zero-order valence-corrected chi connectivity index (χ0v) is 24.8. The highest BCUT2D eigenvalue weighted by Gasteiger charge is 2.52. The minimum atomic E-state index is -1.28. The van der Waals surface area contributed by atoms with Crippen molar-refractivity contribution in [3.8, 4) is 17.1 Å². The monoisotopic (exact) mass is 616 g/mol. The molecule has 1 fully saturated rings. The summed E-state index contributed by atoms with van der Waals surface area (Å²) in [5, 5.41) is 7.93. The number of ether oxygens (including phenoxy) is 4. The fourth-order valence-corrected chi connectivity index (χ4v) is 5.25. The molecule has 1 aromatic heterocycles. The normalized spacial score (nSPS) is 21.7. The number of rotatable bonds is 8. The number of nitrogens with zero attached hydrogens (tertiary/aromatic N) is 3. The van der Waals surface area contributed by atoms with E-state index in [1.54, 1.807) is 28.8 Å². The van der Waals surface area contributed by atoms with E-state index in [1.807, 2.05) is 30.3 Å². The number of benzene rings is 2. The fraction of sp³-hybridized carbons (Fsp3) is 0.357. The van der Waals surface area contributed by atoms with Gasteiger partial charge in [-0.05, 0) is 36.5 Å². The Hall–Kier alpha value is -4.07. The molecule has 0 aliphatic carbocycles. The first-order chi connectivity index (χ1) is 20.0. The second-order valence-electron chi connectivity index (χ2n) is 9.44. The first kappa shape index (κ1) is 30.9. The summed E-state index contributed by atoms with van der Waals surface area (Å²) in [6, 6.07) is 15.1. The fourth-order valence-electron chi connectivity index (χ4n) is 4.69. The van der Waals surface area contributed by atoms with Crippen molar-refractivity contribution in [3.63, 3.8) is 0 Å². The van der Waals surface area contributed by atoms with Gasteiger partial charge in [0, 0.05) is 38.9 Å². The number of esters is 3. The first-order valence-corrected chi connectivity index (χ1v) is 13.7. The van der Waals surface area contributed by atoms with Crippen LogP contribution in [0.1, 0.15) is 33.9 Å². The summed E-state index contributed by atoms with van der Waals surface area (Å²) in [7, 11) is 0. The average molecular weight is 617 g/mol. The van der Waals surface area contributed by atoms with Crippen LogP contribution in [0.15, 0.2) is 54.6 Å². The molecule has 1 saturated heterocycles. The smallest absolute Gasteiger partial charge is 0.303 e. The molecular formula is C28H29ClN4O8S. The van der Waals surface area contributed by atoms with Gasteiger partial charge < -0.3 is 24.3 Å². The van der Waals surface area contributed by atoms with Gasteiger partial charge in [0.25, 0.3) is 0 Å². The third-order valence-corrected chi connectivity index (χ3v) is 6.96. The molecule has 2 aromatic carbocycles. The van der Waals surface area contributed by atoms with Crippen molar-refractivity contribution in [1.82, 2.24) is 19.7 Å². The van der Waals surface area contributed by atoms with E-state index in [2.05, 4.69) is 5.32 Å². The number of carbonyl (C=O) groups excluding carboxylic acids is 4. The Morgan fingerprint density at radius 1 is 0.929 bits per heavy atom. The van der Waals surface area contributed by atoms with Crippen LogP contribution in [0.3, 0.4) is 0 Å². The maximum absolute atomic E-state index is 12.4. The Labute approximate surface area is 251 Å². The molecule has 1 aliphatic rings. The lowest BCUT2D eigenvalue weighted by Gasteiger charge is -2.45. The van der Waals surface area contributed by atoms with Gasteiger partial charge >= 0.3 is 17.9 Å². The molecule has 1 N–H and O–H groups in total. The van der Waals surface area contributed by atoms with Gasteiger partial charge in [0.2, 0.25) is 10.7 Å². The molecule has 14 heteroatoms. The summed E-state index contributed by atoms with van der Waals surface area (Å²) >= 11 is 12.5. The van der Waals surface area contributed by atoms with Crippen LogP contribution in [0.25, 0.3) is 17.1 Å². The number of halogens is 1. The van der Waals surface area contributed by atoms with E-state index < -0.39 is 54.4 Å². The number of amides is 1. The number of para-hydroxylation sites is 1. The molecule has 42 heavy (non-hydrogen) atoms. The zero-order valence-electron chi connectivity index (χ0n) is 23.2. The maximum Gasteiger partial charge on any atom is 0.303 e. The van der Waals surface area contributed by atoms with E-state index in [0.717, 1.165) is 0 Å². The third-order valence-electron chi connectivity index (χ3n) is 6.26. The molecule has 222 valence electrons. The third kappa shape index (κ3) is 6.86. The Balaban J connectivity index is 1.95. The highest BCUT2D eigenvalue weighted by atomic mass is 35.5. The van der Waals surface area contributed by atoms with Crippen molar-refractivity contribution < 1.29 is 38.1 Å². The van der Waals surface area contributed by atoms with Crippen LogP contribution in [0.2, 0.25) is 5.02 Å². The van der Waals surface area contributed by atoms with Crippen LogP contribution in [0, 0.1) is 4.77 Å². The summed E-state index contributed by atoms with van der Waals surface area (Å²) in [6.07, 6.45) is -4.89. The van der Waals surface area contributed by atoms with E-state index in [0.29, 0.717) is 22.1 Å². The van der Waals surface area contributed by atoms with Crippen molar-refractivity contribution in [2.24, 2.45) is 0 Å². The lowest BCUT2D eigenvalue weighted by atomic mass is 9.95. The lowest BCUT2D eigenvalue weighted by molar-refractivity contribution is -0.239. The average Bonchev–Trinajstić information content (AvgIpc) is 3.26. The Kier molecular flexibility index (Phi) is 9.76. The standard InChI is InChI=1S/C28H29ClN4O8S/c1-15(34)30-23-25(40-18(4)37)24(39-17(3)36)22(14-38-16(2)35)41-27(23)33-28(42)32(19-10-6-5-7-11-19)26(31-33)20-12-8-9-13-21(20)29/h5-13,22-25,27H,14H2,1-4H3,(H,30,34)/t22-,23-,24-,25-,27-/m1/s1. The number of hydrogen-bond acceptors (Lipinski definition) is 10. The number of carbonyl (C=O) groups is 4. The van der Waals surface area contributed by atoms with Gasteiger partial charge in [0.1, 0.15) is 18.8 Å². The minimum absolute atomic E-state index is 0.148. The molecule has 12 nitrogen and oxygen atoms in total. The number of hydrogen-bond donors (Lipinski definition) is 1. The molecule has 4 rings (SSSR count). The largest absolute Gasteiger partial charge is 0.463 e. The maximum atomic E-state index is 12.4. The highest BCUT2D eigenvalue weighted by molar-refractivity contribution is 7.71. The van der Waals surface area contributed by atoms with Gasteiger partial charge in [-0.3, -0.25) is 23.7 Å². The molecule has 5 atom stereocenters. The minimum Gasteiger partial charge on any atom is -0.463 e. The Bertz CT molecular complexity index is 1540. The summed E-state index contributed by atoms with van der Waals surface area (Å²) in [6.45, 7) is 4.45. The van der Waals surface area contributed by atoms with Crippen molar-refractivity contribution in [2.45, 2.75) is 58.3 Å². The van der Waals surface area contributed by atoms with Crippen molar-refractivity contribution in [2.75, 3.05) is 6.61 Å². The van der Waals surface area contributed by atoms with Crippen LogP contribution in [-0.2, 0) is 38.1 Å². The van der Waals surface area contributed by atoms with Crippen LogP contribution in [-0.4, -0.2) is 69.1 Å². The van der Waals surface area contributed by atoms with Gasteiger partial charge in [0.15, 0.2) is 24.3 Å². The van der Waals surface area contributed by atoms with Crippen LogP contribution in [0.4, 0.5) is 0 Å². The van der Waals surface area contributed by atoms with E-state index >= 15 is 0 Å². The molecular weight excluding hydrogens is 588 g/mol. The predicted molar refractivity (Wildman–Crippen MR) is 152 cm³/mol. The Morgan fingerprint density at radius 3 is 2.14 bits per heavy atom. The topological polar surface area (TPSA) is 140 Å². The van der Waals surface area contributed by atoms with Crippen LogP contribution in [0.5, 0.6) is 0 Å². The van der Waals surface area contributed by atoms with Gasteiger partial charge in [-0.1, -0.05) is 41.9 Å². The zero-order chi connectivity index (χ0) is 30.6. The summed E-state index contributed by atoms with van der Waals surface area (Å²) in [5.41, 5.74) is 1.23. The molecule has 0 saturated carbocycles. The number of aromatic nitrogens is 3. The van der Waals surface area contributed by atoms with Gasteiger partial charge in [-0.2, -0.15) is 0 Å². The molecule has 0 spiro atoms. The molecule has 1 amide bonds. The van der Waals surface area contributed by atoms with E-state index in [9.17, 15) is 19.2 Å². The quantitative estimate of drug-likeness (QED) is 0.227. The molecule has 0 unspecified atom stereocenters. The molecule has 0 radical (unpaired) electrons. The van der Waals surface area contributed by atoms with E-state index in [-0.39, 0.29) is 11.4 Å². The summed E-state index contributed by atoms with van der Waals surface area (Å²) in [4.78, 5) is 48.5. The van der Waals surface area contributed by atoms with Crippen LogP contribution >= 0.6 is 23.8 Å². The van der Waals surface area contributed by atoms with Crippen molar-refractivity contribution in [3.05, 3.63) is 64.4 Å². The number of nitrogens with one attached hydrogen (secondary N) is 1. The van der Waals surface area contributed by atoms with E-state index in [1.165, 1.54) is 32.4 Å².